The van der Waals surface area contributed by atoms with E-state index in [0.29, 0.717) is 24.2 Å². The highest BCUT2D eigenvalue weighted by atomic mass is 16.5. The van der Waals surface area contributed by atoms with Gasteiger partial charge in [-0.15, -0.1) is 0 Å². The molecule has 0 spiro atoms. The number of rotatable bonds is 13. The summed E-state index contributed by atoms with van der Waals surface area (Å²) in [6, 6.07) is 0.513. The molecule has 2 aliphatic rings. The van der Waals surface area contributed by atoms with Gasteiger partial charge in [0, 0.05) is 18.4 Å². The maximum atomic E-state index is 10.5. The summed E-state index contributed by atoms with van der Waals surface area (Å²) in [5.41, 5.74) is 0. The average molecular weight is 338 g/mol. The van der Waals surface area contributed by atoms with Crippen molar-refractivity contribution in [3.8, 4) is 0 Å². The molecule has 0 aliphatic carbocycles. The van der Waals surface area contributed by atoms with Crippen molar-refractivity contribution in [2.45, 2.75) is 95.8 Å². The molecule has 138 valence electrons. The molecule has 0 radical (unpaired) electrons. The third kappa shape index (κ3) is 6.21. The molecule has 0 aromatic carbocycles. The molecule has 2 bridgehead atoms. The predicted octanol–water partition coefficient (Wildman–Crippen LogP) is 4.29. The van der Waals surface area contributed by atoms with E-state index in [1.807, 2.05) is 0 Å². The fraction of sp³-hybridized carbons (Fsp3) is 0.850. The van der Waals surface area contributed by atoms with Crippen LogP contribution in [0.25, 0.3) is 0 Å². The zero-order chi connectivity index (χ0) is 17.2. The Morgan fingerprint density at radius 1 is 1.12 bits per heavy atom. The SMILES string of the molecule is CCCCCCCN[C@@H]1[C@@H](CC=CCCCC(=O)O)[C@H]2CC[C@@H]1O2. The van der Waals surface area contributed by atoms with E-state index in [0.717, 1.165) is 25.8 Å². The molecule has 2 saturated heterocycles. The van der Waals surface area contributed by atoms with Gasteiger partial charge in [0.2, 0.25) is 0 Å². The number of allylic oxidation sites excluding steroid dienone is 2. The van der Waals surface area contributed by atoms with Crippen LogP contribution in [-0.2, 0) is 9.53 Å². The molecule has 4 heteroatoms. The van der Waals surface area contributed by atoms with Crippen LogP contribution < -0.4 is 5.32 Å². The van der Waals surface area contributed by atoms with Gasteiger partial charge < -0.3 is 15.2 Å². The van der Waals surface area contributed by atoms with Crippen LogP contribution in [0.2, 0.25) is 0 Å². The molecule has 4 atom stereocenters. The summed E-state index contributed by atoms with van der Waals surface area (Å²) in [6.07, 6.45) is 17.2. The molecule has 2 N–H and O–H groups in total. The smallest absolute Gasteiger partial charge is 0.303 e. The Morgan fingerprint density at radius 3 is 2.71 bits per heavy atom. The Morgan fingerprint density at radius 2 is 1.92 bits per heavy atom. The molecule has 4 nitrogen and oxygen atoms in total. The molecule has 0 aromatic rings. The van der Waals surface area contributed by atoms with E-state index in [-0.39, 0.29) is 6.42 Å². The van der Waals surface area contributed by atoms with E-state index in [9.17, 15) is 4.79 Å². The van der Waals surface area contributed by atoms with E-state index in [1.54, 1.807) is 0 Å². The second-order valence-corrected chi connectivity index (χ2v) is 7.34. The Labute approximate surface area is 147 Å². The quantitative estimate of drug-likeness (QED) is 0.389. The van der Waals surface area contributed by atoms with Gasteiger partial charge in [-0.2, -0.15) is 0 Å². The van der Waals surface area contributed by atoms with Crippen molar-refractivity contribution < 1.29 is 14.6 Å². The highest BCUT2D eigenvalue weighted by molar-refractivity contribution is 5.66. The standard InChI is InChI=1S/C20H35NO3/c1-2-3-4-7-10-15-21-20-16(17-13-14-18(20)24-17)11-8-5-6-9-12-19(22)23/h5,8,16-18,20-21H,2-4,6-7,9-15H2,1H3,(H,22,23)/t16-,17+,18-,20+/m0/s1. The van der Waals surface area contributed by atoms with Crippen molar-refractivity contribution in [3.05, 3.63) is 12.2 Å². The summed E-state index contributed by atoms with van der Waals surface area (Å²) in [4.78, 5) is 10.5. The van der Waals surface area contributed by atoms with Gasteiger partial charge in [0.25, 0.3) is 0 Å². The molecular formula is C20H35NO3. The first kappa shape index (κ1) is 19.5. The molecule has 0 saturated carbocycles. The molecule has 0 aromatic heterocycles. The van der Waals surface area contributed by atoms with E-state index in [1.165, 1.54) is 44.9 Å². The van der Waals surface area contributed by atoms with Crippen LogP contribution in [0.5, 0.6) is 0 Å². The van der Waals surface area contributed by atoms with E-state index in [4.69, 9.17) is 9.84 Å². The fourth-order valence-electron chi connectivity index (χ4n) is 4.10. The summed E-state index contributed by atoms with van der Waals surface area (Å²) < 4.78 is 6.13. The lowest BCUT2D eigenvalue weighted by Crippen LogP contribution is -2.44. The van der Waals surface area contributed by atoms with Crippen molar-refractivity contribution in [3.63, 3.8) is 0 Å². The predicted molar refractivity (Wildman–Crippen MR) is 97.2 cm³/mol. The van der Waals surface area contributed by atoms with Gasteiger partial charge >= 0.3 is 5.97 Å². The Balaban J connectivity index is 1.65. The van der Waals surface area contributed by atoms with Crippen molar-refractivity contribution >= 4 is 5.97 Å². The van der Waals surface area contributed by atoms with Crippen LogP contribution >= 0.6 is 0 Å². The van der Waals surface area contributed by atoms with Crippen LogP contribution in [0.3, 0.4) is 0 Å². The van der Waals surface area contributed by atoms with Crippen LogP contribution in [0.15, 0.2) is 12.2 Å². The third-order valence-corrected chi connectivity index (χ3v) is 5.42. The first-order valence-electron chi connectivity index (χ1n) is 9.98. The van der Waals surface area contributed by atoms with E-state index < -0.39 is 5.97 Å². The molecule has 2 rings (SSSR count). The number of fused-ring (bicyclic) bond motifs is 2. The maximum Gasteiger partial charge on any atom is 0.303 e. The lowest BCUT2D eigenvalue weighted by atomic mass is 9.82. The molecule has 0 amide bonds. The lowest BCUT2D eigenvalue weighted by molar-refractivity contribution is -0.137. The van der Waals surface area contributed by atoms with Gasteiger partial charge in [-0.1, -0.05) is 44.8 Å². The zero-order valence-electron chi connectivity index (χ0n) is 15.2. The minimum absolute atomic E-state index is 0.268. The highest BCUT2D eigenvalue weighted by Gasteiger charge is 2.47. The summed E-state index contributed by atoms with van der Waals surface area (Å²) in [7, 11) is 0. The second-order valence-electron chi connectivity index (χ2n) is 7.34. The third-order valence-electron chi connectivity index (χ3n) is 5.42. The summed E-state index contributed by atoms with van der Waals surface area (Å²) in [6.45, 7) is 3.37. The minimum atomic E-state index is -0.701. The highest BCUT2D eigenvalue weighted by Crippen LogP contribution is 2.41. The first-order valence-corrected chi connectivity index (χ1v) is 9.98. The van der Waals surface area contributed by atoms with Gasteiger partial charge in [-0.05, 0) is 45.1 Å². The van der Waals surface area contributed by atoms with Gasteiger partial charge in [0.15, 0.2) is 0 Å². The molecule has 24 heavy (non-hydrogen) atoms. The number of ether oxygens (including phenoxy) is 1. The number of carbonyl (C=O) groups is 1. The first-order chi connectivity index (χ1) is 11.7. The number of nitrogens with one attached hydrogen (secondary N) is 1. The number of unbranched alkanes of at least 4 members (excludes halogenated alkanes) is 5. The minimum Gasteiger partial charge on any atom is -0.481 e. The van der Waals surface area contributed by atoms with Crippen LogP contribution in [0.1, 0.15) is 77.6 Å². The number of carboxylic acid groups (broad SMARTS) is 1. The van der Waals surface area contributed by atoms with Crippen molar-refractivity contribution in [1.29, 1.82) is 0 Å². The van der Waals surface area contributed by atoms with Crippen molar-refractivity contribution in [1.82, 2.24) is 5.32 Å². The number of carboxylic acids is 1. The lowest BCUT2D eigenvalue weighted by Gasteiger charge is -2.28. The molecule has 0 unspecified atom stereocenters. The van der Waals surface area contributed by atoms with Gasteiger partial charge in [0.05, 0.1) is 12.2 Å². The van der Waals surface area contributed by atoms with Crippen molar-refractivity contribution in [2.75, 3.05) is 6.54 Å². The summed E-state index contributed by atoms with van der Waals surface area (Å²) >= 11 is 0. The number of hydrogen-bond donors (Lipinski definition) is 2. The Bertz CT molecular complexity index is 396. The molecule has 2 fully saturated rings. The monoisotopic (exact) mass is 337 g/mol. The number of aliphatic carboxylic acids is 1. The average Bonchev–Trinajstić information content (AvgIpc) is 3.15. The van der Waals surface area contributed by atoms with Crippen LogP contribution in [0.4, 0.5) is 0 Å². The van der Waals surface area contributed by atoms with Crippen LogP contribution in [0, 0.1) is 5.92 Å². The molecule has 2 aliphatic heterocycles. The molecular weight excluding hydrogens is 302 g/mol. The van der Waals surface area contributed by atoms with E-state index in [2.05, 4.69) is 24.4 Å². The maximum absolute atomic E-state index is 10.5. The summed E-state index contributed by atoms with van der Waals surface area (Å²) in [5, 5.41) is 12.4. The van der Waals surface area contributed by atoms with Crippen molar-refractivity contribution in [2.24, 2.45) is 5.92 Å². The van der Waals surface area contributed by atoms with Gasteiger partial charge in [0.1, 0.15) is 0 Å². The Kier molecular flexibility index (Phi) is 8.82. The topological polar surface area (TPSA) is 58.6 Å². The largest absolute Gasteiger partial charge is 0.481 e. The summed E-state index contributed by atoms with van der Waals surface area (Å²) in [5.74, 6) is -0.108. The van der Waals surface area contributed by atoms with Gasteiger partial charge in [-0.3, -0.25) is 4.79 Å². The second kappa shape index (κ2) is 10.9. The van der Waals surface area contributed by atoms with Crippen LogP contribution in [-0.4, -0.2) is 35.9 Å². The number of hydrogen-bond acceptors (Lipinski definition) is 3. The fourth-order valence-corrected chi connectivity index (χ4v) is 4.10. The molecule has 2 heterocycles. The normalized spacial score (nSPS) is 28.9. The van der Waals surface area contributed by atoms with Gasteiger partial charge in [-0.25, -0.2) is 0 Å². The zero-order valence-corrected chi connectivity index (χ0v) is 15.2. The Hall–Kier alpha value is -0.870. The van der Waals surface area contributed by atoms with E-state index >= 15 is 0 Å².